The van der Waals surface area contributed by atoms with Crippen LogP contribution in [0.2, 0.25) is 0 Å². The summed E-state index contributed by atoms with van der Waals surface area (Å²) in [5, 5.41) is 2.83. The van der Waals surface area contributed by atoms with Gasteiger partial charge >= 0.3 is 0 Å². The monoisotopic (exact) mass is 334 g/mol. The number of rotatable bonds is 5. The van der Waals surface area contributed by atoms with Crippen molar-refractivity contribution in [2.75, 3.05) is 36.5 Å². The predicted molar refractivity (Wildman–Crippen MR) is 93.9 cm³/mol. The Balaban J connectivity index is 1.51. The van der Waals surface area contributed by atoms with Gasteiger partial charge in [-0.05, 0) is 30.5 Å². The van der Waals surface area contributed by atoms with Gasteiger partial charge in [-0.25, -0.2) is 4.39 Å². The third-order valence-corrected chi connectivity index (χ3v) is 5.09. The van der Waals surface area contributed by atoms with Crippen LogP contribution < -0.4 is 10.2 Å². The number of halogens is 1. The summed E-state index contributed by atoms with van der Waals surface area (Å²) in [6, 6.07) is 4.95. The van der Waals surface area contributed by atoms with Gasteiger partial charge in [-0.2, -0.15) is 0 Å². The van der Waals surface area contributed by atoms with Crippen molar-refractivity contribution in [3.63, 3.8) is 0 Å². The third kappa shape index (κ3) is 4.69. The highest BCUT2D eigenvalue weighted by molar-refractivity contribution is 5.90. The largest absolute Gasteiger partial charge is 0.378 e. The third-order valence-electron chi connectivity index (χ3n) is 5.09. The summed E-state index contributed by atoms with van der Waals surface area (Å²) in [6.45, 7) is 2.65. The molecule has 1 N–H and O–H groups in total. The Morgan fingerprint density at radius 1 is 1.21 bits per heavy atom. The van der Waals surface area contributed by atoms with E-state index in [0.29, 0.717) is 50.0 Å². The molecule has 1 aliphatic heterocycles. The van der Waals surface area contributed by atoms with Gasteiger partial charge in [-0.1, -0.05) is 32.1 Å². The minimum Gasteiger partial charge on any atom is -0.378 e. The maximum Gasteiger partial charge on any atom is 0.224 e. The van der Waals surface area contributed by atoms with Crippen LogP contribution in [0.15, 0.2) is 18.2 Å². The predicted octanol–water partition coefficient (Wildman–Crippen LogP) is 3.96. The van der Waals surface area contributed by atoms with Crippen LogP contribution in [0.4, 0.5) is 15.8 Å². The Morgan fingerprint density at radius 2 is 1.96 bits per heavy atom. The molecule has 1 aliphatic carbocycles. The summed E-state index contributed by atoms with van der Waals surface area (Å²) >= 11 is 0. The average molecular weight is 334 g/mol. The van der Waals surface area contributed by atoms with E-state index in [2.05, 4.69) is 5.32 Å². The van der Waals surface area contributed by atoms with E-state index in [4.69, 9.17) is 4.74 Å². The van der Waals surface area contributed by atoms with E-state index < -0.39 is 0 Å². The second-order valence-corrected chi connectivity index (χ2v) is 6.86. The first-order valence-electron chi connectivity index (χ1n) is 9.14. The minimum absolute atomic E-state index is 0.0147. The number of carbonyl (C=O) groups excluding carboxylic acids is 1. The molecule has 1 aromatic carbocycles. The van der Waals surface area contributed by atoms with Crippen molar-refractivity contribution >= 4 is 17.3 Å². The average Bonchev–Trinajstić information content (AvgIpc) is 2.62. The van der Waals surface area contributed by atoms with Gasteiger partial charge in [0, 0.05) is 25.2 Å². The SMILES string of the molecule is O=C(CCC1CCCCC1)Nc1ccc(N2CCOCC2)c(F)c1. The van der Waals surface area contributed by atoms with E-state index in [1.165, 1.54) is 38.2 Å². The molecule has 5 heteroatoms. The standard InChI is InChI=1S/C19H27FN2O2/c20-17-14-16(7-8-18(17)22-10-12-24-13-11-22)21-19(23)9-6-15-4-2-1-3-5-15/h7-8,14-15H,1-6,9-13H2,(H,21,23). The maximum atomic E-state index is 14.3. The molecule has 1 heterocycles. The Kier molecular flexibility index (Phi) is 6.07. The number of benzene rings is 1. The van der Waals surface area contributed by atoms with Crippen molar-refractivity contribution in [1.29, 1.82) is 0 Å². The smallest absolute Gasteiger partial charge is 0.224 e. The first kappa shape index (κ1) is 17.2. The molecule has 0 atom stereocenters. The normalized spacial score (nSPS) is 19.3. The summed E-state index contributed by atoms with van der Waals surface area (Å²) in [5.41, 5.74) is 1.12. The van der Waals surface area contributed by atoms with E-state index in [1.807, 2.05) is 4.90 Å². The Morgan fingerprint density at radius 3 is 2.67 bits per heavy atom. The summed E-state index contributed by atoms with van der Waals surface area (Å²) < 4.78 is 19.6. The van der Waals surface area contributed by atoms with Crippen LogP contribution in [0.25, 0.3) is 0 Å². The molecular formula is C19H27FN2O2. The first-order valence-corrected chi connectivity index (χ1v) is 9.14. The van der Waals surface area contributed by atoms with Gasteiger partial charge in [-0.3, -0.25) is 4.79 Å². The van der Waals surface area contributed by atoms with Gasteiger partial charge in [0.05, 0.1) is 18.9 Å². The van der Waals surface area contributed by atoms with Crippen molar-refractivity contribution in [3.8, 4) is 0 Å². The molecular weight excluding hydrogens is 307 g/mol. The summed E-state index contributed by atoms with van der Waals surface area (Å²) in [7, 11) is 0. The molecule has 0 radical (unpaired) electrons. The number of nitrogens with one attached hydrogen (secondary N) is 1. The van der Waals surface area contributed by atoms with Crippen molar-refractivity contribution in [3.05, 3.63) is 24.0 Å². The lowest BCUT2D eigenvalue weighted by molar-refractivity contribution is -0.116. The summed E-state index contributed by atoms with van der Waals surface area (Å²) in [6.07, 6.45) is 7.88. The number of nitrogens with zero attached hydrogens (tertiary/aromatic N) is 1. The minimum atomic E-state index is -0.290. The zero-order valence-corrected chi connectivity index (χ0v) is 14.2. The molecule has 2 fully saturated rings. The van der Waals surface area contributed by atoms with Gasteiger partial charge < -0.3 is 15.0 Å². The molecule has 3 rings (SSSR count). The fraction of sp³-hybridized carbons (Fsp3) is 0.632. The summed E-state index contributed by atoms with van der Waals surface area (Å²) in [5.74, 6) is 0.381. The zero-order valence-electron chi connectivity index (χ0n) is 14.2. The number of amides is 1. The molecule has 4 nitrogen and oxygen atoms in total. The van der Waals surface area contributed by atoms with E-state index >= 15 is 0 Å². The molecule has 1 amide bonds. The number of anilines is 2. The second kappa shape index (κ2) is 8.47. The van der Waals surface area contributed by atoms with Crippen molar-refractivity contribution in [2.24, 2.45) is 5.92 Å². The zero-order chi connectivity index (χ0) is 16.8. The molecule has 0 unspecified atom stereocenters. The van der Waals surface area contributed by atoms with E-state index in [1.54, 1.807) is 12.1 Å². The maximum absolute atomic E-state index is 14.3. The van der Waals surface area contributed by atoms with Crippen LogP contribution in [0.5, 0.6) is 0 Å². The fourth-order valence-electron chi connectivity index (χ4n) is 3.68. The van der Waals surface area contributed by atoms with Gasteiger partial charge in [0.1, 0.15) is 5.82 Å². The number of hydrogen-bond donors (Lipinski definition) is 1. The van der Waals surface area contributed by atoms with Crippen LogP contribution >= 0.6 is 0 Å². The first-order chi connectivity index (χ1) is 11.7. The van der Waals surface area contributed by atoms with Crippen molar-refractivity contribution in [2.45, 2.75) is 44.9 Å². The number of ether oxygens (including phenoxy) is 1. The highest BCUT2D eigenvalue weighted by Gasteiger charge is 2.17. The quantitative estimate of drug-likeness (QED) is 0.886. The van der Waals surface area contributed by atoms with E-state index in [0.717, 1.165) is 6.42 Å². The number of carbonyl (C=O) groups is 1. The van der Waals surface area contributed by atoms with Crippen molar-refractivity contribution in [1.82, 2.24) is 0 Å². The van der Waals surface area contributed by atoms with Gasteiger partial charge in [0.25, 0.3) is 0 Å². The highest BCUT2D eigenvalue weighted by Crippen LogP contribution is 2.28. The Labute approximate surface area is 143 Å². The van der Waals surface area contributed by atoms with Gasteiger partial charge in [0.15, 0.2) is 0 Å². The molecule has 0 bridgehead atoms. The fourth-order valence-corrected chi connectivity index (χ4v) is 3.68. The number of morpholine rings is 1. The van der Waals surface area contributed by atoms with Gasteiger partial charge in [0.2, 0.25) is 5.91 Å². The summed E-state index contributed by atoms with van der Waals surface area (Å²) in [4.78, 5) is 14.1. The molecule has 1 saturated carbocycles. The second-order valence-electron chi connectivity index (χ2n) is 6.86. The lowest BCUT2D eigenvalue weighted by Gasteiger charge is -2.29. The molecule has 1 saturated heterocycles. The van der Waals surface area contributed by atoms with Crippen LogP contribution in [-0.4, -0.2) is 32.2 Å². The van der Waals surface area contributed by atoms with E-state index in [9.17, 15) is 9.18 Å². The Hall–Kier alpha value is -1.62. The molecule has 0 aromatic heterocycles. The van der Waals surface area contributed by atoms with Crippen LogP contribution in [0, 0.1) is 11.7 Å². The van der Waals surface area contributed by atoms with E-state index in [-0.39, 0.29) is 11.7 Å². The topological polar surface area (TPSA) is 41.6 Å². The van der Waals surface area contributed by atoms with Crippen LogP contribution in [0.1, 0.15) is 44.9 Å². The lowest BCUT2D eigenvalue weighted by atomic mass is 9.86. The molecule has 2 aliphatic rings. The number of hydrogen-bond acceptors (Lipinski definition) is 3. The highest BCUT2D eigenvalue weighted by atomic mass is 19.1. The molecule has 132 valence electrons. The molecule has 24 heavy (non-hydrogen) atoms. The molecule has 0 spiro atoms. The lowest BCUT2D eigenvalue weighted by Crippen LogP contribution is -2.36. The van der Waals surface area contributed by atoms with Crippen molar-refractivity contribution < 1.29 is 13.9 Å². The Bertz CT molecular complexity index is 552. The van der Waals surface area contributed by atoms with Gasteiger partial charge in [-0.15, -0.1) is 0 Å². The van der Waals surface area contributed by atoms with Crippen LogP contribution in [0.3, 0.4) is 0 Å². The van der Waals surface area contributed by atoms with Crippen LogP contribution in [-0.2, 0) is 9.53 Å². The molecule has 1 aromatic rings.